The van der Waals surface area contributed by atoms with Gasteiger partial charge in [-0.05, 0) is 62.2 Å². The zero-order valence-electron chi connectivity index (χ0n) is 18.0. The van der Waals surface area contributed by atoms with E-state index in [2.05, 4.69) is 16.0 Å². The summed E-state index contributed by atoms with van der Waals surface area (Å²) in [6, 6.07) is 14.5. The van der Waals surface area contributed by atoms with Crippen LogP contribution in [0.3, 0.4) is 0 Å². The smallest absolute Gasteiger partial charge is 0.251 e. The number of hydrogen-bond donors (Lipinski definition) is 3. The summed E-state index contributed by atoms with van der Waals surface area (Å²) in [4.78, 5) is 37.5. The molecule has 0 bridgehead atoms. The van der Waals surface area contributed by atoms with Gasteiger partial charge in [0, 0.05) is 43.5 Å². The van der Waals surface area contributed by atoms with E-state index in [1.165, 1.54) is 0 Å². The van der Waals surface area contributed by atoms with Crippen LogP contribution in [0.1, 0.15) is 36.2 Å². The molecule has 0 aliphatic carbocycles. The van der Waals surface area contributed by atoms with Crippen LogP contribution in [0, 0.1) is 0 Å². The summed E-state index contributed by atoms with van der Waals surface area (Å²) in [5.74, 6) is -0.235. The van der Waals surface area contributed by atoms with E-state index in [9.17, 15) is 14.4 Å². The maximum atomic E-state index is 12.3. The highest BCUT2D eigenvalue weighted by Crippen LogP contribution is 2.13. The van der Waals surface area contributed by atoms with Crippen molar-refractivity contribution in [3.05, 3.63) is 59.7 Å². The minimum Gasteiger partial charge on any atom is -0.376 e. The number of hydrogen-bond acceptors (Lipinski definition) is 4. The van der Waals surface area contributed by atoms with E-state index in [1.54, 1.807) is 43.3 Å². The number of amides is 3. The molecule has 0 spiro atoms. The van der Waals surface area contributed by atoms with E-state index < -0.39 is 0 Å². The molecule has 0 aromatic heterocycles. The van der Waals surface area contributed by atoms with E-state index in [0.717, 1.165) is 11.3 Å². The van der Waals surface area contributed by atoms with Gasteiger partial charge in [0.25, 0.3) is 5.91 Å². The van der Waals surface area contributed by atoms with Gasteiger partial charge in [-0.2, -0.15) is 0 Å². The molecule has 0 saturated heterocycles. The SMILES string of the molecule is CC(C)NC(=O)c1ccc(NCC(=O)Nc2cccc(CCC(=O)N(C)C)c2)cc1. The first-order chi connectivity index (χ1) is 14.2. The predicted octanol–water partition coefficient (Wildman–Crippen LogP) is 2.90. The van der Waals surface area contributed by atoms with E-state index in [4.69, 9.17) is 0 Å². The van der Waals surface area contributed by atoms with Crippen LogP contribution < -0.4 is 16.0 Å². The zero-order chi connectivity index (χ0) is 22.1. The average molecular weight is 411 g/mol. The number of nitrogens with one attached hydrogen (secondary N) is 3. The maximum Gasteiger partial charge on any atom is 0.251 e. The Morgan fingerprint density at radius 2 is 1.67 bits per heavy atom. The van der Waals surface area contributed by atoms with Crippen molar-refractivity contribution >= 4 is 29.1 Å². The van der Waals surface area contributed by atoms with Crippen LogP contribution in [0.2, 0.25) is 0 Å². The maximum absolute atomic E-state index is 12.3. The van der Waals surface area contributed by atoms with Gasteiger partial charge in [-0.1, -0.05) is 12.1 Å². The second-order valence-corrected chi connectivity index (χ2v) is 7.60. The molecule has 7 heteroatoms. The number of anilines is 2. The molecule has 2 aromatic carbocycles. The molecule has 0 aliphatic heterocycles. The summed E-state index contributed by atoms with van der Waals surface area (Å²) in [6.07, 6.45) is 1.05. The molecule has 0 atom stereocenters. The lowest BCUT2D eigenvalue weighted by Crippen LogP contribution is -2.30. The van der Waals surface area contributed by atoms with E-state index in [1.807, 2.05) is 38.1 Å². The van der Waals surface area contributed by atoms with Crippen LogP contribution in [0.5, 0.6) is 0 Å². The fourth-order valence-electron chi connectivity index (χ4n) is 2.75. The third-order valence-corrected chi connectivity index (χ3v) is 4.36. The third-order valence-electron chi connectivity index (χ3n) is 4.36. The Labute approximate surface area is 177 Å². The van der Waals surface area contributed by atoms with Crippen LogP contribution in [0.15, 0.2) is 48.5 Å². The molecule has 7 nitrogen and oxygen atoms in total. The monoisotopic (exact) mass is 410 g/mol. The summed E-state index contributed by atoms with van der Waals surface area (Å²) in [6.45, 7) is 3.91. The Kier molecular flexibility index (Phi) is 8.41. The first-order valence-electron chi connectivity index (χ1n) is 9.98. The summed E-state index contributed by atoms with van der Waals surface area (Å²) in [7, 11) is 3.47. The number of rotatable bonds is 9. The number of nitrogens with zero attached hydrogens (tertiary/aromatic N) is 1. The molecule has 30 heavy (non-hydrogen) atoms. The van der Waals surface area contributed by atoms with E-state index in [0.29, 0.717) is 24.1 Å². The van der Waals surface area contributed by atoms with Gasteiger partial charge in [0.15, 0.2) is 0 Å². The summed E-state index contributed by atoms with van der Waals surface area (Å²) in [5.41, 5.74) is 3.01. The molecular formula is C23H30N4O3. The van der Waals surface area contributed by atoms with Crippen molar-refractivity contribution in [2.24, 2.45) is 0 Å². The Morgan fingerprint density at radius 3 is 2.30 bits per heavy atom. The van der Waals surface area contributed by atoms with Gasteiger partial charge in [-0.15, -0.1) is 0 Å². The number of carbonyl (C=O) groups is 3. The molecule has 0 heterocycles. The van der Waals surface area contributed by atoms with Crippen molar-refractivity contribution in [2.75, 3.05) is 31.3 Å². The highest BCUT2D eigenvalue weighted by Gasteiger charge is 2.08. The van der Waals surface area contributed by atoms with E-state index in [-0.39, 0.29) is 30.3 Å². The Morgan fingerprint density at radius 1 is 0.967 bits per heavy atom. The second kappa shape index (κ2) is 11.0. The molecule has 160 valence electrons. The summed E-state index contributed by atoms with van der Waals surface area (Å²) in [5, 5.41) is 8.73. The van der Waals surface area contributed by atoms with Gasteiger partial charge in [0.05, 0.1) is 6.54 Å². The molecule has 0 saturated carbocycles. The zero-order valence-corrected chi connectivity index (χ0v) is 18.0. The van der Waals surface area contributed by atoms with Crippen LogP contribution in [0.25, 0.3) is 0 Å². The lowest BCUT2D eigenvalue weighted by molar-refractivity contribution is -0.128. The highest BCUT2D eigenvalue weighted by atomic mass is 16.2. The first-order valence-corrected chi connectivity index (χ1v) is 9.98. The number of benzene rings is 2. The molecule has 2 aromatic rings. The largest absolute Gasteiger partial charge is 0.376 e. The first kappa shape index (κ1) is 22.9. The highest BCUT2D eigenvalue weighted by molar-refractivity contribution is 5.95. The molecule has 0 unspecified atom stereocenters. The van der Waals surface area contributed by atoms with Gasteiger partial charge in [-0.3, -0.25) is 14.4 Å². The molecule has 0 radical (unpaired) electrons. The summed E-state index contributed by atoms with van der Waals surface area (Å²) >= 11 is 0. The van der Waals surface area contributed by atoms with Crippen molar-refractivity contribution in [1.29, 1.82) is 0 Å². The quantitative estimate of drug-likeness (QED) is 0.593. The van der Waals surface area contributed by atoms with Crippen molar-refractivity contribution in [2.45, 2.75) is 32.7 Å². The molecule has 2 rings (SSSR count). The van der Waals surface area contributed by atoms with Crippen molar-refractivity contribution < 1.29 is 14.4 Å². The summed E-state index contributed by atoms with van der Waals surface area (Å²) < 4.78 is 0. The Balaban J connectivity index is 1.84. The van der Waals surface area contributed by atoms with Crippen LogP contribution in [-0.2, 0) is 16.0 Å². The van der Waals surface area contributed by atoms with Crippen LogP contribution in [0.4, 0.5) is 11.4 Å². The normalized spacial score (nSPS) is 10.4. The number of carbonyl (C=O) groups excluding carboxylic acids is 3. The van der Waals surface area contributed by atoms with Crippen molar-refractivity contribution in [1.82, 2.24) is 10.2 Å². The fraction of sp³-hybridized carbons (Fsp3) is 0.348. The van der Waals surface area contributed by atoms with Crippen molar-refractivity contribution in [3.63, 3.8) is 0 Å². The fourth-order valence-corrected chi connectivity index (χ4v) is 2.75. The van der Waals surface area contributed by atoms with Gasteiger partial charge in [0.2, 0.25) is 11.8 Å². The van der Waals surface area contributed by atoms with E-state index >= 15 is 0 Å². The topological polar surface area (TPSA) is 90.5 Å². The van der Waals surface area contributed by atoms with Gasteiger partial charge < -0.3 is 20.9 Å². The van der Waals surface area contributed by atoms with Gasteiger partial charge in [0.1, 0.15) is 0 Å². The minimum atomic E-state index is -0.182. The third kappa shape index (κ3) is 7.58. The Bertz CT molecular complexity index is 876. The average Bonchev–Trinajstić information content (AvgIpc) is 2.70. The number of aryl methyl sites for hydroxylation is 1. The van der Waals surface area contributed by atoms with Crippen LogP contribution in [-0.4, -0.2) is 49.3 Å². The molecule has 3 N–H and O–H groups in total. The molecule has 3 amide bonds. The standard InChI is InChI=1S/C23H30N4O3/c1-16(2)25-23(30)18-9-11-19(12-10-18)24-15-21(28)26-20-7-5-6-17(14-20)8-13-22(29)27(3)4/h5-7,9-12,14,16,24H,8,13,15H2,1-4H3,(H,25,30)(H,26,28). The van der Waals surface area contributed by atoms with Crippen molar-refractivity contribution in [3.8, 4) is 0 Å². The van der Waals surface area contributed by atoms with Gasteiger partial charge in [-0.25, -0.2) is 0 Å². The minimum absolute atomic E-state index is 0.0707. The molecule has 0 fully saturated rings. The molecular weight excluding hydrogens is 380 g/mol. The second-order valence-electron chi connectivity index (χ2n) is 7.60. The van der Waals surface area contributed by atoms with Crippen LogP contribution >= 0.6 is 0 Å². The predicted molar refractivity (Wildman–Crippen MR) is 120 cm³/mol. The van der Waals surface area contributed by atoms with Gasteiger partial charge >= 0.3 is 0 Å². The lowest BCUT2D eigenvalue weighted by atomic mass is 10.1. The molecule has 0 aliphatic rings. The lowest BCUT2D eigenvalue weighted by Gasteiger charge is -2.12. The Hall–Kier alpha value is -3.35.